The molecule has 1 aliphatic carbocycles. The molecule has 0 spiro atoms. The SMILES string of the molecule is O=C(C1CC1)N1CCC(Nc2ncc(-c3ccsc3)c3nc(C(F)(F)F)ccc23)CC1. The molecular formula is C22H21F3N4OS. The fourth-order valence-electron chi connectivity index (χ4n) is 4.04. The third-order valence-corrected chi connectivity index (χ3v) is 6.61. The molecule has 1 saturated carbocycles. The lowest BCUT2D eigenvalue weighted by molar-refractivity contribution is -0.141. The van der Waals surface area contributed by atoms with Crippen LogP contribution in [0.1, 0.15) is 31.4 Å². The Labute approximate surface area is 181 Å². The summed E-state index contributed by atoms with van der Waals surface area (Å²) < 4.78 is 39.9. The number of alkyl halides is 3. The largest absolute Gasteiger partial charge is 0.433 e. The van der Waals surface area contributed by atoms with E-state index in [4.69, 9.17) is 0 Å². The molecule has 31 heavy (non-hydrogen) atoms. The van der Waals surface area contributed by atoms with Gasteiger partial charge >= 0.3 is 6.18 Å². The third kappa shape index (κ3) is 4.11. The van der Waals surface area contributed by atoms with Crippen LogP contribution in [-0.2, 0) is 11.0 Å². The zero-order valence-electron chi connectivity index (χ0n) is 16.7. The standard InChI is InChI=1S/C22H21F3N4OS/c23-22(24,25)18-4-3-16-19(28-18)17(14-7-10-31-12-14)11-26-20(16)27-15-5-8-29(9-6-15)21(30)13-1-2-13/h3-4,7,10-13,15H,1-2,5-6,8-9H2,(H,26,27). The van der Waals surface area contributed by atoms with Gasteiger partial charge in [0, 0.05) is 42.2 Å². The number of amides is 1. The van der Waals surface area contributed by atoms with Crippen molar-refractivity contribution in [3.8, 4) is 11.1 Å². The molecule has 0 radical (unpaired) electrons. The van der Waals surface area contributed by atoms with E-state index >= 15 is 0 Å². The molecule has 9 heteroatoms. The monoisotopic (exact) mass is 446 g/mol. The number of rotatable bonds is 4. The van der Waals surface area contributed by atoms with E-state index in [-0.39, 0.29) is 23.4 Å². The number of halogens is 3. The number of carbonyl (C=O) groups excluding carboxylic acids is 1. The number of nitrogens with one attached hydrogen (secondary N) is 1. The van der Waals surface area contributed by atoms with E-state index in [0.717, 1.165) is 37.3 Å². The minimum Gasteiger partial charge on any atom is -0.367 e. The minimum absolute atomic E-state index is 0.105. The molecule has 162 valence electrons. The smallest absolute Gasteiger partial charge is 0.367 e. The van der Waals surface area contributed by atoms with E-state index in [1.54, 1.807) is 6.20 Å². The second-order valence-electron chi connectivity index (χ2n) is 8.14. The first-order valence-corrected chi connectivity index (χ1v) is 11.3. The number of hydrogen-bond acceptors (Lipinski definition) is 5. The van der Waals surface area contributed by atoms with Gasteiger partial charge in [-0.3, -0.25) is 4.79 Å². The summed E-state index contributed by atoms with van der Waals surface area (Å²) >= 11 is 1.47. The van der Waals surface area contributed by atoms with Gasteiger partial charge in [0.05, 0.1) is 5.52 Å². The van der Waals surface area contributed by atoms with Crippen LogP contribution in [-0.4, -0.2) is 39.9 Å². The molecule has 3 aromatic heterocycles. The Kier molecular flexibility index (Phi) is 5.08. The maximum absolute atomic E-state index is 13.3. The van der Waals surface area contributed by atoms with Crippen molar-refractivity contribution in [1.29, 1.82) is 0 Å². The summed E-state index contributed by atoms with van der Waals surface area (Å²) in [7, 11) is 0. The van der Waals surface area contributed by atoms with E-state index < -0.39 is 11.9 Å². The van der Waals surface area contributed by atoms with Crippen LogP contribution in [0.3, 0.4) is 0 Å². The predicted octanol–water partition coefficient (Wildman–Crippen LogP) is 5.19. The third-order valence-electron chi connectivity index (χ3n) is 5.92. The predicted molar refractivity (Wildman–Crippen MR) is 114 cm³/mol. The summed E-state index contributed by atoms with van der Waals surface area (Å²) in [5.41, 5.74) is 0.748. The van der Waals surface area contributed by atoms with E-state index in [2.05, 4.69) is 15.3 Å². The van der Waals surface area contributed by atoms with Crippen molar-refractivity contribution in [3.63, 3.8) is 0 Å². The first kappa shape index (κ1) is 20.2. The summed E-state index contributed by atoms with van der Waals surface area (Å²) in [5.74, 6) is 1.00. The molecule has 1 aliphatic heterocycles. The quantitative estimate of drug-likeness (QED) is 0.599. The number of thiophene rings is 1. The number of pyridine rings is 2. The molecule has 1 N–H and O–H groups in total. The Morgan fingerprint density at radius 3 is 2.55 bits per heavy atom. The average Bonchev–Trinajstić information content (AvgIpc) is 3.47. The van der Waals surface area contributed by atoms with Crippen LogP contribution in [0, 0.1) is 5.92 Å². The van der Waals surface area contributed by atoms with Crippen molar-refractivity contribution >= 4 is 34.0 Å². The Balaban J connectivity index is 1.43. The highest BCUT2D eigenvalue weighted by molar-refractivity contribution is 7.08. The molecule has 0 bridgehead atoms. The van der Waals surface area contributed by atoms with Crippen molar-refractivity contribution in [2.24, 2.45) is 5.92 Å². The Hall–Kier alpha value is -2.68. The maximum Gasteiger partial charge on any atom is 0.433 e. The van der Waals surface area contributed by atoms with E-state index in [1.165, 1.54) is 17.4 Å². The normalized spacial score (nSPS) is 17.8. The van der Waals surface area contributed by atoms with Crippen LogP contribution in [0.5, 0.6) is 0 Å². The highest BCUT2D eigenvalue weighted by atomic mass is 32.1. The molecule has 1 saturated heterocycles. The maximum atomic E-state index is 13.3. The lowest BCUT2D eigenvalue weighted by atomic mass is 10.0. The lowest BCUT2D eigenvalue weighted by Gasteiger charge is -2.33. The summed E-state index contributed by atoms with van der Waals surface area (Å²) in [6.45, 7) is 1.38. The highest BCUT2D eigenvalue weighted by Crippen LogP contribution is 2.36. The summed E-state index contributed by atoms with van der Waals surface area (Å²) in [5, 5.41) is 7.70. The van der Waals surface area contributed by atoms with Crippen molar-refractivity contribution in [2.45, 2.75) is 37.9 Å². The highest BCUT2D eigenvalue weighted by Gasteiger charge is 2.35. The van der Waals surface area contributed by atoms with Crippen LogP contribution < -0.4 is 5.32 Å². The van der Waals surface area contributed by atoms with Crippen molar-refractivity contribution in [2.75, 3.05) is 18.4 Å². The topological polar surface area (TPSA) is 58.1 Å². The number of piperidine rings is 1. The van der Waals surface area contributed by atoms with Crippen molar-refractivity contribution in [1.82, 2.24) is 14.9 Å². The molecule has 0 atom stereocenters. The zero-order valence-corrected chi connectivity index (χ0v) is 17.5. The number of anilines is 1. The first-order valence-electron chi connectivity index (χ1n) is 10.3. The zero-order chi connectivity index (χ0) is 21.6. The Bertz CT molecular complexity index is 1100. The van der Waals surface area contributed by atoms with E-state index in [9.17, 15) is 18.0 Å². The van der Waals surface area contributed by atoms with Gasteiger partial charge in [0.25, 0.3) is 0 Å². The van der Waals surface area contributed by atoms with Gasteiger partial charge in [0.15, 0.2) is 0 Å². The molecule has 3 aromatic rings. The van der Waals surface area contributed by atoms with Gasteiger partial charge in [-0.2, -0.15) is 24.5 Å². The van der Waals surface area contributed by atoms with Gasteiger partial charge in [-0.1, -0.05) is 0 Å². The van der Waals surface area contributed by atoms with Gasteiger partial charge in [-0.05, 0) is 60.2 Å². The minimum atomic E-state index is -4.52. The molecular weight excluding hydrogens is 425 g/mol. The van der Waals surface area contributed by atoms with Gasteiger partial charge in [0.2, 0.25) is 5.91 Å². The van der Waals surface area contributed by atoms with Crippen molar-refractivity contribution < 1.29 is 18.0 Å². The average molecular weight is 446 g/mol. The van der Waals surface area contributed by atoms with E-state index in [1.807, 2.05) is 21.7 Å². The Morgan fingerprint density at radius 2 is 1.90 bits per heavy atom. The molecule has 0 unspecified atom stereocenters. The fraction of sp³-hybridized carbons (Fsp3) is 0.409. The molecule has 2 aliphatic rings. The number of nitrogens with zero attached hydrogens (tertiary/aromatic N) is 3. The number of fused-ring (bicyclic) bond motifs is 1. The van der Waals surface area contributed by atoms with Gasteiger partial charge in [0.1, 0.15) is 11.5 Å². The van der Waals surface area contributed by atoms with Crippen LogP contribution in [0.25, 0.3) is 22.0 Å². The molecule has 1 amide bonds. The summed E-state index contributed by atoms with van der Waals surface area (Å²) in [6.07, 6.45) is 0.625. The van der Waals surface area contributed by atoms with Crippen LogP contribution in [0.4, 0.5) is 19.0 Å². The summed E-state index contributed by atoms with van der Waals surface area (Å²) in [4.78, 5) is 22.7. The van der Waals surface area contributed by atoms with Crippen molar-refractivity contribution in [3.05, 3.63) is 40.8 Å². The number of hydrogen-bond donors (Lipinski definition) is 1. The van der Waals surface area contributed by atoms with E-state index in [0.29, 0.717) is 29.9 Å². The van der Waals surface area contributed by atoms with Crippen LogP contribution in [0.15, 0.2) is 35.2 Å². The Morgan fingerprint density at radius 1 is 1.13 bits per heavy atom. The lowest BCUT2D eigenvalue weighted by Crippen LogP contribution is -2.43. The number of likely N-dealkylation sites (tertiary alicyclic amines) is 1. The number of carbonyl (C=O) groups is 1. The number of aromatic nitrogens is 2. The van der Waals surface area contributed by atoms with Crippen LogP contribution in [0.2, 0.25) is 0 Å². The molecule has 5 rings (SSSR count). The fourth-order valence-corrected chi connectivity index (χ4v) is 4.70. The second-order valence-corrected chi connectivity index (χ2v) is 8.92. The van der Waals surface area contributed by atoms with Gasteiger partial charge < -0.3 is 10.2 Å². The molecule has 0 aromatic carbocycles. The van der Waals surface area contributed by atoms with Crippen LogP contribution >= 0.6 is 11.3 Å². The molecule has 4 heterocycles. The molecule has 5 nitrogen and oxygen atoms in total. The second kappa shape index (κ2) is 7.78. The first-order chi connectivity index (χ1) is 14.9. The summed E-state index contributed by atoms with van der Waals surface area (Å²) in [6, 6.07) is 4.40. The molecule has 2 fully saturated rings. The van der Waals surface area contributed by atoms with Gasteiger partial charge in [-0.25, -0.2) is 9.97 Å². The van der Waals surface area contributed by atoms with Gasteiger partial charge in [-0.15, -0.1) is 0 Å².